The molecule has 1 amide bonds. The molecule has 38 heavy (non-hydrogen) atoms. The van der Waals surface area contributed by atoms with Crippen LogP contribution >= 0.6 is 0 Å². The van der Waals surface area contributed by atoms with Gasteiger partial charge in [0.2, 0.25) is 5.91 Å². The molecule has 0 atom stereocenters. The maximum atomic E-state index is 12.7. The summed E-state index contributed by atoms with van der Waals surface area (Å²) >= 11 is 0. The van der Waals surface area contributed by atoms with Crippen LogP contribution < -0.4 is 9.64 Å². The number of nitriles is 2. The van der Waals surface area contributed by atoms with Crippen molar-refractivity contribution in [3.8, 4) is 17.9 Å². The van der Waals surface area contributed by atoms with E-state index < -0.39 is 0 Å². The third kappa shape index (κ3) is 7.73. The van der Waals surface area contributed by atoms with E-state index in [9.17, 15) is 4.79 Å². The number of carbonyl (C=O) groups is 1. The Morgan fingerprint density at radius 2 is 1.58 bits per heavy atom. The summed E-state index contributed by atoms with van der Waals surface area (Å²) in [4.78, 5) is 19.5. The van der Waals surface area contributed by atoms with E-state index in [1.165, 1.54) is 12.0 Å². The summed E-state index contributed by atoms with van der Waals surface area (Å²) in [6, 6.07) is 22.7. The van der Waals surface area contributed by atoms with E-state index in [0.717, 1.165) is 63.4 Å². The van der Waals surface area contributed by atoms with Crippen LogP contribution in [0.3, 0.4) is 0 Å². The Balaban J connectivity index is 1.19. The predicted octanol–water partition coefficient (Wildman–Crippen LogP) is 4.99. The molecule has 0 N–H and O–H groups in total. The summed E-state index contributed by atoms with van der Waals surface area (Å²) < 4.78 is 5.73. The van der Waals surface area contributed by atoms with Crippen molar-refractivity contribution in [2.75, 3.05) is 50.8 Å². The molecule has 0 aromatic heterocycles. The molecule has 2 heterocycles. The maximum absolute atomic E-state index is 12.7. The molecule has 7 nitrogen and oxygen atoms in total. The topological polar surface area (TPSA) is 83.6 Å². The fraction of sp³-hybridized carbons (Fsp3) is 0.516. The van der Waals surface area contributed by atoms with Gasteiger partial charge in [0.25, 0.3) is 0 Å². The van der Waals surface area contributed by atoms with Crippen LogP contribution in [-0.2, 0) is 11.3 Å². The Morgan fingerprint density at radius 3 is 2.24 bits per heavy atom. The first kappa shape index (κ1) is 27.5. The van der Waals surface area contributed by atoms with Gasteiger partial charge in [-0.25, -0.2) is 0 Å². The minimum absolute atomic E-state index is 0.255. The Hall–Kier alpha value is -3.55. The molecule has 2 saturated heterocycles. The predicted molar refractivity (Wildman–Crippen MR) is 148 cm³/mol. The highest BCUT2D eigenvalue weighted by Crippen LogP contribution is 2.41. The lowest BCUT2D eigenvalue weighted by Gasteiger charge is -2.39. The number of hydrogen-bond acceptors (Lipinski definition) is 6. The van der Waals surface area contributed by atoms with Gasteiger partial charge in [0, 0.05) is 51.4 Å². The third-order valence-corrected chi connectivity index (χ3v) is 7.94. The summed E-state index contributed by atoms with van der Waals surface area (Å²) in [5.41, 5.74) is 2.69. The number of carbonyl (C=O) groups excluding carboxylic acids is 1. The lowest BCUT2D eigenvalue weighted by atomic mass is 9.77. The van der Waals surface area contributed by atoms with E-state index in [1.807, 2.05) is 30.3 Å². The van der Waals surface area contributed by atoms with Gasteiger partial charge in [0.15, 0.2) is 0 Å². The summed E-state index contributed by atoms with van der Waals surface area (Å²) in [5, 5.41) is 17.9. The molecule has 2 fully saturated rings. The van der Waals surface area contributed by atoms with Crippen molar-refractivity contribution in [1.82, 2.24) is 9.80 Å². The molecular weight excluding hydrogens is 474 g/mol. The molecule has 7 heteroatoms. The second-order valence-corrected chi connectivity index (χ2v) is 10.6. The molecule has 1 spiro atoms. The van der Waals surface area contributed by atoms with Gasteiger partial charge in [-0.2, -0.15) is 10.5 Å². The van der Waals surface area contributed by atoms with Gasteiger partial charge in [-0.1, -0.05) is 30.3 Å². The molecule has 4 rings (SSSR count). The second kappa shape index (κ2) is 13.8. The molecule has 0 bridgehead atoms. The van der Waals surface area contributed by atoms with Crippen LogP contribution in [0.2, 0.25) is 0 Å². The summed E-state index contributed by atoms with van der Waals surface area (Å²) in [6.07, 6.45) is 5.57. The highest BCUT2D eigenvalue weighted by atomic mass is 16.5. The smallest absolute Gasteiger partial charge is 0.222 e. The monoisotopic (exact) mass is 513 g/mol. The average Bonchev–Trinajstić information content (AvgIpc) is 3.34. The minimum atomic E-state index is 0.255. The fourth-order valence-corrected chi connectivity index (χ4v) is 5.70. The molecule has 200 valence electrons. The SMILES string of the molecule is N#CCCN(CCC#N)c1ccc(CN2CCC3(CCN(C(=O)CCCOc4ccccc4)CC3)C2)cc1. The number of para-hydroxylation sites is 1. The number of nitrogens with zero attached hydrogens (tertiary/aromatic N) is 5. The average molecular weight is 514 g/mol. The standard InChI is InChI=1S/C31H39N5O2/c32-17-5-19-35(20-6-18-33)28-12-10-27(11-13-28)25-34-21-14-31(26-34)15-22-36(23-16-31)30(37)9-4-24-38-29-7-2-1-3-8-29/h1-3,7-8,10-13H,4-6,9,14-16,19-26H2. The van der Waals surface area contributed by atoms with Crippen LogP contribution in [0.5, 0.6) is 5.75 Å². The van der Waals surface area contributed by atoms with Gasteiger partial charge in [-0.3, -0.25) is 9.69 Å². The Labute approximate surface area is 227 Å². The summed E-state index contributed by atoms with van der Waals surface area (Å²) in [5.74, 6) is 1.11. The van der Waals surface area contributed by atoms with E-state index in [-0.39, 0.29) is 5.91 Å². The van der Waals surface area contributed by atoms with Gasteiger partial charge in [-0.05, 0) is 67.5 Å². The van der Waals surface area contributed by atoms with Crippen molar-refractivity contribution >= 4 is 11.6 Å². The molecule has 0 saturated carbocycles. The van der Waals surface area contributed by atoms with Crippen LogP contribution in [0, 0.1) is 28.1 Å². The Morgan fingerprint density at radius 1 is 0.921 bits per heavy atom. The van der Waals surface area contributed by atoms with Gasteiger partial charge in [-0.15, -0.1) is 0 Å². The number of rotatable bonds is 12. The normalized spacial score (nSPS) is 16.6. The van der Waals surface area contributed by atoms with Crippen molar-refractivity contribution in [3.05, 3.63) is 60.2 Å². The lowest BCUT2D eigenvalue weighted by Crippen LogP contribution is -2.44. The zero-order valence-corrected chi connectivity index (χ0v) is 22.4. The highest BCUT2D eigenvalue weighted by molar-refractivity contribution is 5.76. The molecule has 0 unspecified atom stereocenters. The molecule has 2 aromatic carbocycles. The zero-order valence-electron chi connectivity index (χ0n) is 22.4. The van der Waals surface area contributed by atoms with Crippen molar-refractivity contribution in [3.63, 3.8) is 0 Å². The van der Waals surface area contributed by atoms with E-state index in [2.05, 4.69) is 51.1 Å². The second-order valence-electron chi connectivity index (χ2n) is 10.6. The van der Waals surface area contributed by atoms with E-state index >= 15 is 0 Å². The number of benzene rings is 2. The van der Waals surface area contributed by atoms with Crippen LogP contribution in [0.1, 0.15) is 50.5 Å². The maximum Gasteiger partial charge on any atom is 0.222 e. The molecule has 0 aliphatic carbocycles. The van der Waals surface area contributed by atoms with Crippen LogP contribution in [0.4, 0.5) is 5.69 Å². The molecule has 0 radical (unpaired) electrons. The van der Waals surface area contributed by atoms with Crippen LogP contribution in [0.25, 0.3) is 0 Å². The molecular formula is C31H39N5O2. The van der Waals surface area contributed by atoms with E-state index in [0.29, 0.717) is 44.4 Å². The van der Waals surface area contributed by atoms with E-state index in [1.54, 1.807) is 0 Å². The molecule has 2 aliphatic rings. The van der Waals surface area contributed by atoms with Gasteiger partial charge < -0.3 is 14.5 Å². The quantitative estimate of drug-likeness (QED) is 0.372. The number of hydrogen-bond donors (Lipinski definition) is 0. The number of anilines is 1. The van der Waals surface area contributed by atoms with E-state index in [4.69, 9.17) is 15.3 Å². The lowest BCUT2D eigenvalue weighted by molar-refractivity contribution is -0.133. The highest BCUT2D eigenvalue weighted by Gasteiger charge is 2.41. The first-order chi connectivity index (χ1) is 18.6. The summed E-state index contributed by atoms with van der Waals surface area (Å²) in [6.45, 7) is 6.72. The van der Waals surface area contributed by atoms with Crippen molar-refractivity contribution < 1.29 is 9.53 Å². The van der Waals surface area contributed by atoms with Crippen molar-refractivity contribution in [2.24, 2.45) is 5.41 Å². The molecule has 2 aliphatic heterocycles. The fourth-order valence-electron chi connectivity index (χ4n) is 5.70. The molecule has 2 aromatic rings. The van der Waals surface area contributed by atoms with Gasteiger partial charge in [0.1, 0.15) is 5.75 Å². The zero-order chi connectivity index (χ0) is 26.6. The minimum Gasteiger partial charge on any atom is -0.494 e. The van der Waals surface area contributed by atoms with Crippen molar-refractivity contribution in [2.45, 2.75) is 51.5 Å². The van der Waals surface area contributed by atoms with Crippen molar-refractivity contribution in [1.29, 1.82) is 10.5 Å². The number of amides is 1. The Bertz CT molecular complexity index is 1080. The summed E-state index contributed by atoms with van der Waals surface area (Å²) in [7, 11) is 0. The number of piperidine rings is 1. The van der Waals surface area contributed by atoms with Crippen LogP contribution in [-0.4, -0.2) is 61.6 Å². The Kier molecular flexibility index (Phi) is 10.0. The number of likely N-dealkylation sites (tertiary alicyclic amines) is 2. The van der Waals surface area contributed by atoms with Gasteiger partial charge >= 0.3 is 0 Å². The van der Waals surface area contributed by atoms with Crippen LogP contribution in [0.15, 0.2) is 54.6 Å². The number of ether oxygens (including phenoxy) is 1. The largest absolute Gasteiger partial charge is 0.494 e. The first-order valence-electron chi connectivity index (χ1n) is 13.9. The third-order valence-electron chi connectivity index (χ3n) is 7.94. The first-order valence-corrected chi connectivity index (χ1v) is 13.9. The van der Waals surface area contributed by atoms with Gasteiger partial charge in [0.05, 0.1) is 31.6 Å².